The van der Waals surface area contributed by atoms with Crippen molar-refractivity contribution in [3.05, 3.63) is 0 Å². The Kier molecular flexibility index (Phi) is 5.42. The summed E-state index contributed by atoms with van der Waals surface area (Å²) in [6, 6.07) is 0. The average molecular weight is 147 g/mol. The molecular weight excluding hydrogens is 129 g/mol. The van der Waals surface area contributed by atoms with Gasteiger partial charge in [-0.05, 0) is 34.5 Å². The van der Waals surface area contributed by atoms with Gasteiger partial charge < -0.3 is 0 Å². The molecule has 0 heterocycles. The van der Waals surface area contributed by atoms with Gasteiger partial charge in [0.2, 0.25) is 0 Å². The molecule has 0 fully saturated rings. The van der Waals surface area contributed by atoms with Gasteiger partial charge in [-0.3, -0.25) is 4.67 Å². The van der Waals surface area contributed by atoms with Crippen molar-refractivity contribution in [3.8, 4) is 0 Å². The third-order valence-corrected chi connectivity index (χ3v) is 4.13. The molecule has 0 aromatic heterocycles. The average Bonchev–Trinajstić information content (AvgIpc) is 1.87. The van der Waals surface area contributed by atoms with E-state index in [0.29, 0.717) is 0 Å². The molecule has 0 aliphatic heterocycles. The molecule has 0 aliphatic carbocycles. The Balaban J connectivity index is 3.32. The number of nitrogens with zero attached hydrogens (tertiary/aromatic N) is 1. The molecule has 0 spiro atoms. The molecule has 0 aromatic rings. The number of hydrogen-bond acceptors (Lipinski definition) is 1. The van der Waals surface area contributed by atoms with E-state index in [1.807, 2.05) is 0 Å². The van der Waals surface area contributed by atoms with Gasteiger partial charge in [-0.25, -0.2) is 0 Å². The lowest BCUT2D eigenvalue weighted by atomic mass is 10.6. The highest BCUT2D eigenvalue weighted by Gasteiger charge is 2.02. The van der Waals surface area contributed by atoms with Crippen molar-refractivity contribution in [1.82, 2.24) is 4.67 Å². The molecule has 1 nitrogen and oxygen atoms in total. The molecule has 1 unspecified atom stereocenters. The maximum absolute atomic E-state index is 2.44. The molecule has 2 heteroatoms. The van der Waals surface area contributed by atoms with Crippen LogP contribution >= 0.6 is 8.07 Å². The highest BCUT2D eigenvalue weighted by Crippen LogP contribution is 2.33. The summed E-state index contributed by atoms with van der Waals surface area (Å²) in [6.45, 7) is 8.02. The molecule has 9 heavy (non-hydrogen) atoms. The Morgan fingerprint density at radius 2 is 1.89 bits per heavy atom. The maximum Gasteiger partial charge on any atom is -0.00107 e. The van der Waals surface area contributed by atoms with E-state index in [-0.39, 0.29) is 8.07 Å². The van der Waals surface area contributed by atoms with Crippen LogP contribution in [-0.4, -0.2) is 31.1 Å². The van der Waals surface area contributed by atoms with Crippen LogP contribution in [-0.2, 0) is 0 Å². The molecule has 1 atom stereocenters. The van der Waals surface area contributed by atoms with Gasteiger partial charge in [-0.1, -0.05) is 20.3 Å². The summed E-state index contributed by atoms with van der Waals surface area (Å²) >= 11 is 0. The fourth-order valence-electron chi connectivity index (χ4n) is 0.736. The molecular formula is C7H18NP. The van der Waals surface area contributed by atoms with Crippen molar-refractivity contribution in [2.75, 3.05) is 26.4 Å². The first-order valence-corrected chi connectivity index (χ1v) is 5.57. The smallest absolute Gasteiger partial charge is 0.00107 e. The van der Waals surface area contributed by atoms with Crippen molar-refractivity contribution < 1.29 is 0 Å². The van der Waals surface area contributed by atoms with Crippen molar-refractivity contribution in [1.29, 1.82) is 0 Å². The third kappa shape index (κ3) is 3.89. The zero-order valence-corrected chi connectivity index (χ0v) is 7.91. The predicted molar refractivity (Wildman–Crippen MR) is 46.3 cm³/mol. The summed E-state index contributed by atoms with van der Waals surface area (Å²) in [5, 5.41) is 0. The van der Waals surface area contributed by atoms with Gasteiger partial charge in [0.05, 0.1) is 0 Å². The van der Waals surface area contributed by atoms with E-state index < -0.39 is 0 Å². The second-order valence-electron chi connectivity index (χ2n) is 2.36. The second kappa shape index (κ2) is 5.20. The van der Waals surface area contributed by atoms with Gasteiger partial charge in [0, 0.05) is 0 Å². The van der Waals surface area contributed by atoms with Gasteiger partial charge in [0.1, 0.15) is 0 Å². The minimum absolute atomic E-state index is 0.191. The fourth-order valence-corrected chi connectivity index (χ4v) is 2.21. The van der Waals surface area contributed by atoms with E-state index in [9.17, 15) is 0 Å². The van der Waals surface area contributed by atoms with Gasteiger partial charge in [-0.15, -0.1) is 0 Å². The molecule has 0 saturated heterocycles. The van der Waals surface area contributed by atoms with Crippen LogP contribution < -0.4 is 0 Å². The first-order valence-electron chi connectivity index (χ1n) is 3.64. The summed E-state index contributed by atoms with van der Waals surface area (Å²) in [5.74, 6) is 0. The summed E-state index contributed by atoms with van der Waals surface area (Å²) in [6.07, 6.45) is 2.71. The second-order valence-corrected chi connectivity index (χ2v) is 4.80. The van der Waals surface area contributed by atoms with E-state index >= 15 is 0 Å². The molecule has 0 saturated carbocycles. The Morgan fingerprint density at radius 3 is 2.22 bits per heavy atom. The Hall–Kier alpha value is 0.390. The van der Waals surface area contributed by atoms with E-state index in [2.05, 4.69) is 32.2 Å². The summed E-state index contributed by atoms with van der Waals surface area (Å²) < 4.78 is 2.44. The fraction of sp³-hybridized carbons (Fsp3) is 1.00. The van der Waals surface area contributed by atoms with E-state index in [1.165, 1.54) is 19.1 Å². The number of hydrogen-bond donors (Lipinski definition) is 0. The summed E-state index contributed by atoms with van der Waals surface area (Å²) in [7, 11) is 2.40. The lowest BCUT2D eigenvalue weighted by Gasteiger charge is -2.22. The van der Waals surface area contributed by atoms with E-state index in [1.54, 1.807) is 0 Å². The largest absolute Gasteiger partial charge is 0.286 e. The van der Waals surface area contributed by atoms with Crippen molar-refractivity contribution >= 4 is 8.07 Å². The Labute approximate surface area is 60.2 Å². The normalized spacial score (nSPS) is 14.3. The first kappa shape index (κ1) is 9.39. The zero-order chi connectivity index (χ0) is 7.28. The van der Waals surface area contributed by atoms with Crippen LogP contribution in [0.1, 0.15) is 20.3 Å². The predicted octanol–water partition coefficient (Wildman–Crippen LogP) is 2.37. The lowest BCUT2D eigenvalue weighted by Crippen LogP contribution is -2.11. The minimum Gasteiger partial charge on any atom is -0.286 e. The van der Waals surface area contributed by atoms with Gasteiger partial charge in [-0.2, -0.15) is 0 Å². The molecule has 0 radical (unpaired) electrons. The summed E-state index contributed by atoms with van der Waals surface area (Å²) in [4.78, 5) is 0. The Morgan fingerprint density at radius 1 is 1.33 bits per heavy atom. The molecule has 0 amide bonds. The van der Waals surface area contributed by atoms with E-state index in [4.69, 9.17) is 0 Å². The van der Waals surface area contributed by atoms with Crippen LogP contribution in [0.5, 0.6) is 0 Å². The van der Waals surface area contributed by atoms with Crippen LogP contribution in [0.3, 0.4) is 0 Å². The first-order chi connectivity index (χ1) is 4.22. The maximum atomic E-state index is 2.44. The SMILES string of the molecule is CCCP(C)N(C)CC. The molecule has 0 N–H and O–H groups in total. The lowest BCUT2D eigenvalue weighted by molar-refractivity contribution is 0.582. The van der Waals surface area contributed by atoms with E-state index in [0.717, 1.165) is 0 Å². The van der Waals surface area contributed by atoms with Crippen LogP contribution in [0.2, 0.25) is 0 Å². The molecule has 0 aromatic carbocycles. The van der Waals surface area contributed by atoms with Crippen molar-refractivity contribution in [3.63, 3.8) is 0 Å². The Bertz CT molecular complexity index is 65.9. The van der Waals surface area contributed by atoms with Crippen LogP contribution in [0, 0.1) is 0 Å². The molecule has 0 rings (SSSR count). The van der Waals surface area contributed by atoms with Crippen LogP contribution in [0.4, 0.5) is 0 Å². The molecule has 0 aliphatic rings. The standard InChI is InChI=1S/C7H18NP/c1-5-7-9(4)8(3)6-2/h5-7H2,1-4H3. The highest BCUT2D eigenvalue weighted by atomic mass is 31.1. The molecule has 0 bridgehead atoms. The zero-order valence-electron chi connectivity index (χ0n) is 7.02. The monoisotopic (exact) mass is 147 g/mol. The van der Waals surface area contributed by atoms with Gasteiger partial charge in [0.25, 0.3) is 0 Å². The van der Waals surface area contributed by atoms with Crippen LogP contribution in [0.25, 0.3) is 0 Å². The quantitative estimate of drug-likeness (QED) is 0.552. The minimum atomic E-state index is 0.191. The third-order valence-electron chi connectivity index (χ3n) is 1.59. The van der Waals surface area contributed by atoms with Gasteiger partial charge in [0.15, 0.2) is 0 Å². The topological polar surface area (TPSA) is 3.24 Å². The van der Waals surface area contributed by atoms with Crippen LogP contribution in [0.15, 0.2) is 0 Å². The molecule has 56 valence electrons. The van der Waals surface area contributed by atoms with Crippen molar-refractivity contribution in [2.45, 2.75) is 20.3 Å². The highest BCUT2D eigenvalue weighted by molar-refractivity contribution is 7.54. The van der Waals surface area contributed by atoms with Gasteiger partial charge >= 0.3 is 0 Å². The van der Waals surface area contributed by atoms with Crippen molar-refractivity contribution in [2.24, 2.45) is 0 Å². The number of rotatable bonds is 4. The summed E-state index contributed by atoms with van der Waals surface area (Å²) in [5.41, 5.74) is 0.